The molecule has 0 bridgehead atoms. The molecule has 0 aromatic heterocycles. The molecule has 1 aliphatic heterocycles. The van der Waals surface area contributed by atoms with Crippen LogP contribution >= 0.6 is 0 Å². The van der Waals surface area contributed by atoms with Gasteiger partial charge in [-0.05, 0) is 32.6 Å². The molecule has 1 heterocycles. The van der Waals surface area contributed by atoms with Gasteiger partial charge in [0.05, 0.1) is 0 Å². The third-order valence-corrected chi connectivity index (χ3v) is 3.05. The predicted octanol–water partition coefficient (Wildman–Crippen LogP) is 0.624. The molecule has 3 nitrogen and oxygen atoms in total. The normalized spacial score (nSPS) is 19.1. The van der Waals surface area contributed by atoms with Gasteiger partial charge in [-0.1, -0.05) is 13.8 Å². The topological polar surface area (TPSA) is 18.5 Å². The van der Waals surface area contributed by atoms with E-state index in [0.29, 0.717) is 0 Å². The van der Waals surface area contributed by atoms with Gasteiger partial charge in [-0.2, -0.15) is 0 Å². The highest BCUT2D eigenvalue weighted by Gasteiger charge is 2.08. The van der Waals surface area contributed by atoms with Crippen molar-refractivity contribution in [3.8, 4) is 0 Å². The lowest BCUT2D eigenvalue weighted by molar-refractivity contribution is 0.216. The molecule has 1 fully saturated rings. The lowest BCUT2D eigenvalue weighted by Gasteiger charge is -2.28. The van der Waals surface area contributed by atoms with Crippen molar-refractivity contribution in [1.29, 1.82) is 0 Å². The zero-order chi connectivity index (χ0) is 10.2. The third kappa shape index (κ3) is 4.40. The van der Waals surface area contributed by atoms with Gasteiger partial charge in [-0.3, -0.25) is 0 Å². The molecule has 3 heteroatoms. The minimum atomic E-state index is 1.17. The Labute approximate surface area is 88.5 Å². The Morgan fingerprint density at radius 3 is 2.36 bits per heavy atom. The molecular weight excluding hydrogens is 174 g/mol. The van der Waals surface area contributed by atoms with Crippen LogP contribution in [0, 0.1) is 0 Å². The van der Waals surface area contributed by atoms with Crippen LogP contribution in [-0.4, -0.2) is 62.2 Å². The van der Waals surface area contributed by atoms with E-state index in [1.54, 1.807) is 0 Å². The van der Waals surface area contributed by atoms with Crippen molar-refractivity contribution in [1.82, 2.24) is 15.1 Å². The molecule has 0 amide bonds. The highest BCUT2D eigenvalue weighted by Crippen LogP contribution is 1.96. The van der Waals surface area contributed by atoms with Crippen molar-refractivity contribution in [3.63, 3.8) is 0 Å². The molecule has 0 spiro atoms. The summed E-state index contributed by atoms with van der Waals surface area (Å²) in [6.45, 7) is 14.2. The Morgan fingerprint density at radius 2 is 1.79 bits per heavy atom. The summed E-state index contributed by atoms with van der Waals surface area (Å²) in [5.74, 6) is 0. The highest BCUT2D eigenvalue weighted by molar-refractivity contribution is 4.67. The van der Waals surface area contributed by atoms with Gasteiger partial charge in [-0.25, -0.2) is 0 Å². The first-order valence-corrected chi connectivity index (χ1v) is 6.02. The van der Waals surface area contributed by atoms with Gasteiger partial charge < -0.3 is 15.1 Å². The lowest BCUT2D eigenvalue weighted by atomic mass is 10.3. The number of hydrogen-bond donors (Lipinski definition) is 1. The standard InChI is InChI=1S/C11H25N3/c1-3-13(4-2)8-5-9-14-10-6-12-7-11-14/h12H,3-11H2,1-2H3. The molecule has 0 aromatic rings. The van der Waals surface area contributed by atoms with E-state index in [1.807, 2.05) is 0 Å². The van der Waals surface area contributed by atoms with E-state index in [2.05, 4.69) is 29.0 Å². The Morgan fingerprint density at radius 1 is 1.14 bits per heavy atom. The first-order chi connectivity index (χ1) is 6.86. The second kappa shape index (κ2) is 7.21. The second-order valence-corrected chi connectivity index (χ2v) is 3.97. The molecular formula is C11H25N3. The Bertz CT molecular complexity index is 128. The molecule has 14 heavy (non-hydrogen) atoms. The average Bonchev–Trinajstić information content (AvgIpc) is 2.26. The number of piperazine rings is 1. The van der Waals surface area contributed by atoms with Gasteiger partial charge in [0.2, 0.25) is 0 Å². The second-order valence-electron chi connectivity index (χ2n) is 3.97. The van der Waals surface area contributed by atoms with Crippen molar-refractivity contribution in [2.24, 2.45) is 0 Å². The summed E-state index contributed by atoms with van der Waals surface area (Å²) in [6, 6.07) is 0. The SMILES string of the molecule is CCN(CC)CCCN1CCNCC1. The summed E-state index contributed by atoms with van der Waals surface area (Å²) in [6.07, 6.45) is 1.32. The van der Waals surface area contributed by atoms with E-state index in [-0.39, 0.29) is 0 Å². The first-order valence-electron chi connectivity index (χ1n) is 6.02. The van der Waals surface area contributed by atoms with Crippen LogP contribution < -0.4 is 5.32 Å². The van der Waals surface area contributed by atoms with E-state index >= 15 is 0 Å². The Hall–Kier alpha value is -0.120. The minimum absolute atomic E-state index is 1.17. The van der Waals surface area contributed by atoms with Crippen molar-refractivity contribution < 1.29 is 0 Å². The Kier molecular flexibility index (Phi) is 6.15. The van der Waals surface area contributed by atoms with Crippen LogP contribution in [0.4, 0.5) is 0 Å². The summed E-state index contributed by atoms with van der Waals surface area (Å²) in [5, 5.41) is 3.38. The van der Waals surface area contributed by atoms with E-state index in [0.717, 1.165) is 0 Å². The fourth-order valence-corrected chi connectivity index (χ4v) is 1.99. The third-order valence-electron chi connectivity index (χ3n) is 3.05. The van der Waals surface area contributed by atoms with Crippen LogP contribution in [0.1, 0.15) is 20.3 Å². The number of nitrogens with zero attached hydrogens (tertiary/aromatic N) is 2. The molecule has 0 saturated carbocycles. The zero-order valence-corrected chi connectivity index (χ0v) is 9.76. The van der Waals surface area contributed by atoms with Crippen molar-refractivity contribution in [2.45, 2.75) is 20.3 Å². The molecule has 1 N–H and O–H groups in total. The number of rotatable bonds is 6. The molecule has 0 aliphatic carbocycles. The van der Waals surface area contributed by atoms with Gasteiger partial charge in [0.15, 0.2) is 0 Å². The quantitative estimate of drug-likeness (QED) is 0.677. The molecule has 1 aliphatic rings. The first kappa shape index (κ1) is 12.0. The smallest absolute Gasteiger partial charge is 0.0107 e. The van der Waals surface area contributed by atoms with Crippen LogP contribution in [-0.2, 0) is 0 Å². The van der Waals surface area contributed by atoms with E-state index in [1.165, 1.54) is 58.8 Å². The predicted molar refractivity (Wildman–Crippen MR) is 61.7 cm³/mol. The maximum atomic E-state index is 3.38. The number of hydrogen-bond acceptors (Lipinski definition) is 3. The molecule has 84 valence electrons. The van der Waals surface area contributed by atoms with Crippen LogP contribution in [0.5, 0.6) is 0 Å². The van der Waals surface area contributed by atoms with E-state index in [9.17, 15) is 0 Å². The van der Waals surface area contributed by atoms with E-state index in [4.69, 9.17) is 0 Å². The molecule has 0 atom stereocenters. The molecule has 1 saturated heterocycles. The highest BCUT2D eigenvalue weighted by atomic mass is 15.2. The van der Waals surface area contributed by atoms with Crippen molar-refractivity contribution in [2.75, 3.05) is 52.4 Å². The Balaban J connectivity index is 2.01. The van der Waals surface area contributed by atoms with Crippen LogP contribution in [0.2, 0.25) is 0 Å². The fraction of sp³-hybridized carbons (Fsp3) is 1.00. The van der Waals surface area contributed by atoms with Crippen molar-refractivity contribution >= 4 is 0 Å². The van der Waals surface area contributed by atoms with Gasteiger partial charge in [0, 0.05) is 26.2 Å². The fourth-order valence-electron chi connectivity index (χ4n) is 1.99. The summed E-state index contributed by atoms with van der Waals surface area (Å²) < 4.78 is 0. The average molecular weight is 199 g/mol. The van der Waals surface area contributed by atoms with E-state index < -0.39 is 0 Å². The summed E-state index contributed by atoms with van der Waals surface area (Å²) >= 11 is 0. The molecule has 0 aromatic carbocycles. The van der Waals surface area contributed by atoms with Crippen LogP contribution in [0.3, 0.4) is 0 Å². The van der Waals surface area contributed by atoms with Gasteiger partial charge in [0.25, 0.3) is 0 Å². The minimum Gasteiger partial charge on any atom is -0.314 e. The largest absolute Gasteiger partial charge is 0.314 e. The summed E-state index contributed by atoms with van der Waals surface area (Å²) in [7, 11) is 0. The summed E-state index contributed by atoms with van der Waals surface area (Å²) in [4.78, 5) is 5.07. The molecule has 0 radical (unpaired) electrons. The maximum absolute atomic E-state index is 3.38. The monoisotopic (exact) mass is 199 g/mol. The lowest BCUT2D eigenvalue weighted by Crippen LogP contribution is -2.44. The van der Waals surface area contributed by atoms with Gasteiger partial charge in [0.1, 0.15) is 0 Å². The van der Waals surface area contributed by atoms with Crippen molar-refractivity contribution in [3.05, 3.63) is 0 Å². The molecule has 1 rings (SSSR count). The summed E-state index contributed by atoms with van der Waals surface area (Å²) in [5.41, 5.74) is 0. The van der Waals surface area contributed by atoms with Crippen LogP contribution in [0.25, 0.3) is 0 Å². The maximum Gasteiger partial charge on any atom is 0.0107 e. The van der Waals surface area contributed by atoms with Gasteiger partial charge >= 0.3 is 0 Å². The zero-order valence-electron chi connectivity index (χ0n) is 9.76. The number of nitrogens with one attached hydrogen (secondary N) is 1. The van der Waals surface area contributed by atoms with Crippen LogP contribution in [0.15, 0.2) is 0 Å². The molecule has 0 unspecified atom stereocenters. The van der Waals surface area contributed by atoms with Gasteiger partial charge in [-0.15, -0.1) is 0 Å².